The molecule has 0 spiro atoms. The second-order valence-corrected chi connectivity index (χ2v) is 11.2. The molecule has 0 fully saturated rings. The van der Waals surface area contributed by atoms with E-state index in [0.29, 0.717) is 5.92 Å². The lowest BCUT2D eigenvalue weighted by atomic mass is 9.89. The third-order valence-corrected chi connectivity index (χ3v) is 8.59. The number of aryl methyl sites for hydroxylation is 4. The molecule has 2 heteroatoms. The van der Waals surface area contributed by atoms with Crippen molar-refractivity contribution in [1.29, 1.82) is 0 Å². The van der Waals surface area contributed by atoms with Crippen molar-refractivity contribution in [2.24, 2.45) is 13.0 Å². The Hall–Kier alpha value is -2.84. The molecule has 1 nitrogen and oxygen atoms in total. The molecular weight excluding hydrogens is 418 g/mol. The maximum absolute atomic E-state index is 2.47. The van der Waals surface area contributed by atoms with Crippen molar-refractivity contribution in [2.45, 2.75) is 50.8 Å². The summed E-state index contributed by atoms with van der Waals surface area (Å²) in [5, 5.41) is 8.33. The van der Waals surface area contributed by atoms with Gasteiger partial charge in [0.2, 0.25) is 5.69 Å². The number of aromatic nitrogens is 1. The maximum atomic E-state index is 2.47. The molecule has 1 aliphatic rings. The number of pyridine rings is 1. The van der Waals surface area contributed by atoms with Gasteiger partial charge in [-0.3, -0.25) is 0 Å². The van der Waals surface area contributed by atoms with Gasteiger partial charge in [0.1, 0.15) is 7.05 Å². The average Bonchev–Trinajstić information content (AvgIpc) is 2.78. The van der Waals surface area contributed by atoms with Gasteiger partial charge in [0.15, 0.2) is 6.20 Å². The van der Waals surface area contributed by atoms with E-state index in [-0.39, 0.29) is 0 Å². The Bertz CT molecular complexity index is 1620. The third kappa shape index (κ3) is 2.97. The molecule has 2 heterocycles. The highest BCUT2D eigenvalue weighted by atomic mass is 32.2. The van der Waals surface area contributed by atoms with Gasteiger partial charge in [-0.05, 0) is 77.4 Å². The first-order valence-corrected chi connectivity index (χ1v) is 12.8. The minimum Gasteiger partial charge on any atom is -0.200 e. The van der Waals surface area contributed by atoms with Crippen LogP contribution in [0.3, 0.4) is 0 Å². The van der Waals surface area contributed by atoms with Crippen molar-refractivity contribution in [1.82, 2.24) is 0 Å². The van der Waals surface area contributed by atoms with Crippen LogP contribution in [0.2, 0.25) is 0 Å². The second-order valence-electron chi connectivity index (χ2n) is 10.2. The highest BCUT2D eigenvalue weighted by Gasteiger charge is 2.31. The fourth-order valence-electron chi connectivity index (χ4n) is 5.78. The van der Waals surface area contributed by atoms with Crippen molar-refractivity contribution in [3.05, 3.63) is 77.0 Å². The molecule has 0 aliphatic carbocycles. The Morgan fingerprint density at radius 3 is 2.42 bits per heavy atom. The van der Waals surface area contributed by atoms with Gasteiger partial charge in [0.05, 0.1) is 10.9 Å². The van der Waals surface area contributed by atoms with Crippen LogP contribution in [0.15, 0.2) is 64.5 Å². The smallest absolute Gasteiger partial charge is 0.200 e. The van der Waals surface area contributed by atoms with Crippen molar-refractivity contribution in [3.8, 4) is 11.3 Å². The molecule has 1 aliphatic heterocycles. The second kappa shape index (κ2) is 7.33. The summed E-state index contributed by atoms with van der Waals surface area (Å²) in [4.78, 5) is 2.81. The van der Waals surface area contributed by atoms with Gasteiger partial charge in [-0.2, -0.15) is 0 Å². The lowest BCUT2D eigenvalue weighted by Gasteiger charge is -2.24. The Morgan fingerprint density at radius 2 is 1.64 bits per heavy atom. The normalized spacial score (nSPS) is 12.8. The number of hydrogen-bond acceptors (Lipinski definition) is 1. The monoisotopic (exact) mass is 448 g/mol. The SMILES string of the molecule is Cc1ccc2c(C)c3c(c(C)c2c1)-c1c2c(cc4c(CC(C)C)cccc4c2cc[n+]1C)S3. The topological polar surface area (TPSA) is 3.88 Å². The summed E-state index contributed by atoms with van der Waals surface area (Å²) >= 11 is 1.97. The van der Waals surface area contributed by atoms with Gasteiger partial charge in [-0.25, -0.2) is 4.57 Å². The lowest BCUT2D eigenvalue weighted by molar-refractivity contribution is -0.659. The molecule has 0 atom stereocenters. The van der Waals surface area contributed by atoms with Crippen molar-refractivity contribution in [2.75, 3.05) is 0 Å². The van der Waals surface area contributed by atoms with Crippen molar-refractivity contribution >= 4 is 44.1 Å². The first-order chi connectivity index (χ1) is 15.8. The summed E-state index contributed by atoms with van der Waals surface area (Å²) in [5.41, 5.74) is 8.34. The lowest BCUT2D eigenvalue weighted by Crippen LogP contribution is -2.32. The predicted molar refractivity (Wildman–Crippen MR) is 142 cm³/mol. The van der Waals surface area contributed by atoms with Crippen LogP contribution in [-0.2, 0) is 13.5 Å². The average molecular weight is 449 g/mol. The van der Waals surface area contributed by atoms with E-state index in [9.17, 15) is 0 Å². The summed E-state index contributed by atoms with van der Waals surface area (Å²) in [5.74, 6) is 0.639. The van der Waals surface area contributed by atoms with Gasteiger partial charge < -0.3 is 0 Å². The minimum atomic E-state index is 0.639. The van der Waals surface area contributed by atoms with Gasteiger partial charge in [-0.15, -0.1) is 0 Å². The van der Waals surface area contributed by atoms with Crippen LogP contribution in [0.1, 0.15) is 36.1 Å². The Labute approximate surface area is 200 Å². The molecule has 0 radical (unpaired) electrons. The van der Waals surface area contributed by atoms with Gasteiger partial charge in [0, 0.05) is 21.2 Å². The van der Waals surface area contributed by atoms with Gasteiger partial charge in [0.25, 0.3) is 0 Å². The van der Waals surface area contributed by atoms with Gasteiger partial charge in [-0.1, -0.05) is 67.6 Å². The number of nitrogens with zero attached hydrogens (tertiary/aromatic N) is 1. The zero-order valence-electron chi connectivity index (χ0n) is 20.3. The van der Waals surface area contributed by atoms with Crippen LogP contribution in [0, 0.1) is 26.7 Å². The summed E-state index contributed by atoms with van der Waals surface area (Å²) in [7, 11) is 2.20. The van der Waals surface area contributed by atoms with Crippen molar-refractivity contribution < 1.29 is 4.57 Å². The first kappa shape index (κ1) is 20.7. The Balaban J connectivity index is 1.78. The van der Waals surface area contributed by atoms with E-state index in [2.05, 4.69) is 101 Å². The van der Waals surface area contributed by atoms with Crippen LogP contribution >= 0.6 is 11.8 Å². The summed E-state index contributed by atoms with van der Waals surface area (Å²) < 4.78 is 2.34. The zero-order valence-corrected chi connectivity index (χ0v) is 21.2. The van der Waals surface area contributed by atoms with E-state index in [0.717, 1.165) is 6.42 Å². The Kier molecular flexibility index (Phi) is 4.61. The molecule has 0 bridgehead atoms. The molecule has 0 N–H and O–H groups in total. The van der Waals surface area contributed by atoms with E-state index in [4.69, 9.17) is 0 Å². The third-order valence-electron chi connectivity index (χ3n) is 7.33. The molecule has 4 aromatic carbocycles. The highest BCUT2D eigenvalue weighted by molar-refractivity contribution is 8.00. The molecular formula is C31H30NS+. The molecule has 1 aromatic heterocycles. The summed E-state index contributed by atoms with van der Waals surface area (Å²) in [6.45, 7) is 11.4. The highest BCUT2D eigenvalue weighted by Crippen LogP contribution is 2.52. The van der Waals surface area contributed by atoms with E-state index >= 15 is 0 Å². The van der Waals surface area contributed by atoms with Crippen LogP contribution in [-0.4, -0.2) is 0 Å². The van der Waals surface area contributed by atoms with Crippen LogP contribution in [0.25, 0.3) is 43.6 Å². The summed E-state index contributed by atoms with van der Waals surface area (Å²) in [6, 6.07) is 18.6. The molecule has 6 rings (SSSR count). The maximum Gasteiger partial charge on any atom is 0.222 e. The number of rotatable bonds is 2. The van der Waals surface area contributed by atoms with Gasteiger partial charge >= 0.3 is 0 Å². The van der Waals surface area contributed by atoms with Crippen molar-refractivity contribution in [3.63, 3.8) is 0 Å². The minimum absolute atomic E-state index is 0.639. The molecule has 0 unspecified atom stereocenters. The van der Waals surface area contributed by atoms with Crippen LogP contribution in [0.5, 0.6) is 0 Å². The largest absolute Gasteiger partial charge is 0.222 e. The van der Waals surface area contributed by atoms with Crippen LogP contribution < -0.4 is 4.57 Å². The quantitative estimate of drug-likeness (QED) is 0.191. The standard InChI is InChI=1S/C31H30NS/c1-17(2)14-21-8-7-9-23-24-12-13-32(6)30-28-19(4)25-15-18(3)10-11-22(25)20(5)31(28)33-27(29(24)30)16-26(21)23/h7-13,15-17H,14H2,1-6H3/q+1. The van der Waals surface area contributed by atoms with E-state index in [1.165, 1.54) is 75.6 Å². The molecule has 164 valence electrons. The zero-order chi connectivity index (χ0) is 23.0. The number of fused-ring (bicyclic) bond motifs is 5. The summed E-state index contributed by atoms with van der Waals surface area (Å²) in [6.07, 6.45) is 3.37. The van der Waals surface area contributed by atoms with Crippen LogP contribution in [0.4, 0.5) is 0 Å². The van der Waals surface area contributed by atoms with E-state index in [1.54, 1.807) is 0 Å². The first-order valence-electron chi connectivity index (χ1n) is 11.9. The molecule has 0 saturated heterocycles. The predicted octanol–water partition coefficient (Wildman–Crippen LogP) is 8.23. The molecule has 33 heavy (non-hydrogen) atoms. The molecule has 0 amide bonds. The molecule has 5 aromatic rings. The number of hydrogen-bond donors (Lipinski definition) is 0. The Morgan fingerprint density at radius 1 is 0.818 bits per heavy atom. The van der Waals surface area contributed by atoms with E-state index < -0.39 is 0 Å². The molecule has 0 saturated carbocycles. The fourth-order valence-corrected chi connectivity index (χ4v) is 7.10. The number of benzene rings is 4. The fraction of sp³-hybridized carbons (Fsp3) is 0.258. The van der Waals surface area contributed by atoms with E-state index in [1.807, 2.05) is 11.8 Å².